The van der Waals surface area contributed by atoms with Crippen LogP contribution in [0.4, 0.5) is 0 Å². The minimum Gasteiger partial charge on any atom is -0.387 e. The maximum Gasteiger partial charge on any atom is 0.0916 e. The number of hydrogen-bond acceptors (Lipinski definition) is 4. The van der Waals surface area contributed by atoms with E-state index in [0.29, 0.717) is 13.1 Å². The molecule has 20 heavy (non-hydrogen) atoms. The standard InChI is InChI=1S/C16H21N3O/c1-19(11-15-4-2-3-9-18-15)12-16(20)14-7-5-13(10-17)6-8-14/h2-9,16,20H,10-12,17H2,1H3. The van der Waals surface area contributed by atoms with E-state index in [0.717, 1.165) is 23.4 Å². The Kier molecular flexibility index (Phi) is 5.24. The number of pyridine rings is 1. The van der Waals surface area contributed by atoms with Gasteiger partial charge in [-0.25, -0.2) is 0 Å². The van der Waals surface area contributed by atoms with Crippen molar-refractivity contribution in [3.63, 3.8) is 0 Å². The lowest BCUT2D eigenvalue weighted by Gasteiger charge is -2.20. The summed E-state index contributed by atoms with van der Waals surface area (Å²) in [6.07, 6.45) is 1.28. The molecule has 3 N–H and O–H groups in total. The molecule has 1 aromatic carbocycles. The van der Waals surface area contributed by atoms with Crippen molar-refractivity contribution < 1.29 is 5.11 Å². The van der Waals surface area contributed by atoms with Crippen molar-refractivity contribution in [1.29, 1.82) is 0 Å². The van der Waals surface area contributed by atoms with Crippen molar-refractivity contribution in [2.45, 2.75) is 19.2 Å². The van der Waals surface area contributed by atoms with Gasteiger partial charge >= 0.3 is 0 Å². The van der Waals surface area contributed by atoms with Gasteiger partial charge in [-0.15, -0.1) is 0 Å². The summed E-state index contributed by atoms with van der Waals surface area (Å²) in [4.78, 5) is 6.34. The molecule has 1 unspecified atom stereocenters. The van der Waals surface area contributed by atoms with Crippen LogP contribution in [0.2, 0.25) is 0 Å². The highest BCUT2D eigenvalue weighted by Gasteiger charge is 2.11. The molecule has 0 fully saturated rings. The van der Waals surface area contributed by atoms with E-state index in [4.69, 9.17) is 5.73 Å². The topological polar surface area (TPSA) is 62.4 Å². The Morgan fingerprint density at radius 3 is 2.55 bits per heavy atom. The Bertz CT molecular complexity index is 513. The second kappa shape index (κ2) is 7.14. The van der Waals surface area contributed by atoms with E-state index >= 15 is 0 Å². The van der Waals surface area contributed by atoms with E-state index in [1.807, 2.05) is 49.5 Å². The Labute approximate surface area is 119 Å². The molecule has 0 aliphatic heterocycles. The Morgan fingerprint density at radius 1 is 1.20 bits per heavy atom. The molecule has 0 radical (unpaired) electrons. The Morgan fingerprint density at radius 2 is 1.95 bits per heavy atom. The molecule has 0 spiro atoms. The number of benzene rings is 1. The van der Waals surface area contributed by atoms with E-state index < -0.39 is 6.10 Å². The Hall–Kier alpha value is -1.75. The molecule has 2 aromatic rings. The van der Waals surface area contributed by atoms with Crippen molar-refractivity contribution >= 4 is 0 Å². The molecule has 0 saturated carbocycles. The zero-order chi connectivity index (χ0) is 14.4. The molecular weight excluding hydrogens is 250 g/mol. The smallest absolute Gasteiger partial charge is 0.0916 e. The lowest BCUT2D eigenvalue weighted by molar-refractivity contribution is 0.123. The molecule has 0 saturated heterocycles. The molecule has 4 heteroatoms. The lowest BCUT2D eigenvalue weighted by Crippen LogP contribution is -2.24. The molecular formula is C16H21N3O. The van der Waals surface area contributed by atoms with E-state index in [1.54, 1.807) is 6.20 Å². The van der Waals surface area contributed by atoms with E-state index in [-0.39, 0.29) is 0 Å². The highest BCUT2D eigenvalue weighted by atomic mass is 16.3. The molecule has 4 nitrogen and oxygen atoms in total. The SMILES string of the molecule is CN(Cc1ccccn1)CC(O)c1ccc(CN)cc1. The first-order chi connectivity index (χ1) is 9.69. The Balaban J connectivity index is 1.91. The summed E-state index contributed by atoms with van der Waals surface area (Å²) in [7, 11) is 1.98. The number of aromatic nitrogens is 1. The largest absolute Gasteiger partial charge is 0.387 e. The van der Waals surface area contributed by atoms with Gasteiger partial charge in [-0.05, 0) is 30.3 Å². The van der Waals surface area contributed by atoms with Crippen LogP contribution in [0.15, 0.2) is 48.7 Å². The average Bonchev–Trinajstić information content (AvgIpc) is 2.48. The van der Waals surface area contributed by atoms with Crippen LogP contribution in [0.25, 0.3) is 0 Å². The second-order valence-corrected chi connectivity index (χ2v) is 4.98. The third-order valence-electron chi connectivity index (χ3n) is 3.24. The summed E-state index contributed by atoms with van der Waals surface area (Å²) in [5.41, 5.74) is 8.55. The minimum atomic E-state index is -0.504. The summed E-state index contributed by atoms with van der Waals surface area (Å²) in [5, 5.41) is 10.2. The predicted octanol–water partition coefficient (Wildman–Crippen LogP) is 1.71. The van der Waals surface area contributed by atoms with Crippen LogP contribution in [0.1, 0.15) is 22.9 Å². The fourth-order valence-corrected chi connectivity index (χ4v) is 2.11. The summed E-state index contributed by atoms with van der Waals surface area (Å²) in [6, 6.07) is 13.6. The maximum absolute atomic E-state index is 10.2. The molecule has 0 aliphatic rings. The highest BCUT2D eigenvalue weighted by Crippen LogP contribution is 2.15. The maximum atomic E-state index is 10.2. The molecule has 1 heterocycles. The van der Waals surface area contributed by atoms with Gasteiger partial charge in [0.25, 0.3) is 0 Å². The first-order valence-electron chi connectivity index (χ1n) is 6.74. The highest BCUT2D eigenvalue weighted by molar-refractivity contribution is 5.24. The number of nitrogens with two attached hydrogens (primary N) is 1. The first kappa shape index (κ1) is 14.7. The van der Waals surface area contributed by atoms with E-state index in [1.165, 1.54) is 0 Å². The van der Waals surface area contributed by atoms with Crippen molar-refractivity contribution in [2.24, 2.45) is 5.73 Å². The van der Waals surface area contributed by atoms with Gasteiger partial charge in [0.15, 0.2) is 0 Å². The molecule has 0 aliphatic carbocycles. The average molecular weight is 271 g/mol. The molecule has 0 amide bonds. The van der Waals surface area contributed by atoms with Gasteiger partial charge in [-0.2, -0.15) is 0 Å². The van der Waals surface area contributed by atoms with Crippen molar-refractivity contribution in [1.82, 2.24) is 9.88 Å². The normalized spacial score (nSPS) is 12.6. The summed E-state index contributed by atoms with van der Waals surface area (Å²) in [6.45, 7) is 1.81. The molecule has 0 bridgehead atoms. The number of aliphatic hydroxyl groups is 1. The van der Waals surface area contributed by atoms with Gasteiger partial charge < -0.3 is 10.8 Å². The summed E-state index contributed by atoms with van der Waals surface area (Å²) < 4.78 is 0. The third-order valence-corrected chi connectivity index (χ3v) is 3.24. The van der Waals surface area contributed by atoms with Crippen molar-refractivity contribution in [3.05, 3.63) is 65.5 Å². The number of aliphatic hydroxyl groups excluding tert-OH is 1. The monoisotopic (exact) mass is 271 g/mol. The molecule has 1 aromatic heterocycles. The van der Waals surface area contributed by atoms with Crippen LogP contribution < -0.4 is 5.73 Å². The van der Waals surface area contributed by atoms with Gasteiger partial charge in [0.2, 0.25) is 0 Å². The second-order valence-electron chi connectivity index (χ2n) is 4.98. The van der Waals surface area contributed by atoms with Crippen molar-refractivity contribution in [3.8, 4) is 0 Å². The van der Waals surface area contributed by atoms with Crippen LogP contribution >= 0.6 is 0 Å². The zero-order valence-corrected chi connectivity index (χ0v) is 11.7. The van der Waals surface area contributed by atoms with Crippen LogP contribution in [0.5, 0.6) is 0 Å². The summed E-state index contributed by atoms with van der Waals surface area (Å²) in [5.74, 6) is 0. The number of rotatable bonds is 6. The van der Waals surface area contributed by atoms with Gasteiger partial charge in [-0.3, -0.25) is 9.88 Å². The summed E-state index contributed by atoms with van der Waals surface area (Å²) >= 11 is 0. The number of hydrogen-bond donors (Lipinski definition) is 2. The van der Waals surface area contributed by atoms with Gasteiger partial charge in [0, 0.05) is 25.8 Å². The van der Waals surface area contributed by atoms with Gasteiger partial charge in [0.1, 0.15) is 0 Å². The fraction of sp³-hybridized carbons (Fsp3) is 0.312. The zero-order valence-electron chi connectivity index (χ0n) is 11.7. The van der Waals surface area contributed by atoms with Crippen LogP contribution in [-0.4, -0.2) is 28.6 Å². The number of likely N-dealkylation sites (N-methyl/N-ethyl adjacent to an activating group) is 1. The van der Waals surface area contributed by atoms with Crippen molar-refractivity contribution in [2.75, 3.05) is 13.6 Å². The fourth-order valence-electron chi connectivity index (χ4n) is 2.11. The van der Waals surface area contributed by atoms with Gasteiger partial charge in [0.05, 0.1) is 11.8 Å². The predicted molar refractivity (Wildman–Crippen MR) is 79.9 cm³/mol. The molecule has 2 rings (SSSR count). The first-order valence-corrected chi connectivity index (χ1v) is 6.74. The van der Waals surface area contributed by atoms with E-state index in [2.05, 4.69) is 9.88 Å². The molecule has 106 valence electrons. The lowest BCUT2D eigenvalue weighted by atomic mass is 10.1. The van der Waals surface area contributed by atoms with Gasteiger partial charge in [-0.1, -0.05) is 30.3 Å². The molecule has 1 atom stereocenters. The van der Waals surface area contributed by atoms with Crippen LogP contribution in [0.3, 0.4) is 0 Å². The minimum absolute atomic E-state index is 0.504. The quantitative estimate of drug-likeness (QED) is 0.839. The number of nitrogens with zero attached hydrogens (tertiary/aromatic N) is 2. The third kappa shape index (κ3) is 4.13. The van der Waals surface area contributed by atoms with E-state index in [9.17, 15) is 5.11 Å². The van der Waals surface area contributed by atoms with Crippen LogP contribution in [0, 0.1) is 0 Å². The van der Waals surface area contributed by atoms with Crippen LogP contribution in [-0.2, 0) is 13.1 Å².